The smallest absolute Gasteiger partial charge is 0.224 e. The molecule has 0 spiro atoms. The topological polar surface area (TPSA) is 115 Å². The molecule has 2 aromatic rings. The third-order valence-electron chi connectivity index (χ3n) is 6.18. The van der Waals surface area contributed by atoms with Crippen LogP contribution in [0.2, 0.25) is 5.02 Å². The largest absolute Gasteiger partial charge is 0.356 e. The predicted molar refractivity (Wildman–Crippen MR) is 116 cm³/mol. The first-order chi connectivity index (χ1) is 14.9. The lowest BCUT2D eigenvalue weighted by Crippen LogP contribution is -2.40. The number of benzene rings is 1. The van der Waals surface area contributed by atoms with Crippen LogP contribution < -0.4 is 10.6 Å². The molecule has 2 amide bonds. The number of ketones is 1. The van der Waals surface area contributed by atoms with Gasteiger partial charge in [-0.05, 0) is 43.4 Å². The molecule has 2 aliphatic rings. The Labute approximate surface area is 185 Å². The fourth-order valence-electron chi connectivity index (χ4n) is 4.23. The first-order valence-corrected chi connectivity index (χ1v) is 11.1. The summed E-state index contributed by atoms with van der Waals surface area (Å²) in [5, 5.41) is 16.3. The lowest BCUT2D eigenvalue weighted by Gasteiger charge is -2.19. The number of H-pyrrole nitrogens is 1. The van der Waals surface area contributed by atoms with Crippen molar-refractivity contribution in [3.05, 3.63) is 35.0 Å². The summed E-state index contributed by atoms with van der Waals surface area (Å²) in [4.78, 5) is 40.8. The van der Waals surface area contributed by atoms with Crippen LogP contribution in [-0.4, -0.2) is 35.2 Å². The zero-order valence-corrected chi connectivity index (χ0v) is 17.9. The lowest BCUT2D eigenvalue weighted by molar-refractivity contribution is -0.127. The second kappa shape index (κ2) is 9.11. The van der Waals surface area contributed by atoms with Crippen molar-refractivity contribution in [2.45, 2.75) is 44.6 Å². The second-order valence-corrected chi connectivity index (χ2v) is 9.00. The number of nitrogens with zero attached hydrogens (tertiary/aromatic N) is 1. The summed E-state index contributed by atoms with van der Waals surface area (Å²) in [6, 6.07) is 8.50. The molecule has 1 aliphatic heterocycles. The van der Waals surface area contributed by atoms with Gasteiger partial charge in [-0.1, -0.05) is 30.5 Å². The van der Waals surface area contributed by atoms with Crippen LogP contribution in [0, 0.1) is 29.1 Å². The van der Waals surface area contributed by atoms with Gasteiger partial charge in [-0.3, -0.25) is 14.4 Å². The van der Waals surface area contributed by atoms with E-state index in [1.807, 2.05) is 12.1 Å². The summed E-state index contributed by atoms with van der Waals surface area (Å²) in [5.41, 5.74) is 1.20. The molecular weight excluding hydrogens is 416 g/mol. The van der Waals surface area contributed by atoms with Crippen LogP contribution in [0.15, 0.2) is 24.3 Å². The van der Waals surface area contributed by atoms with E-state index in [0.717, 1.165) is 23.7 Å². The highest BCUT2D eigenvalue weighted by Crippen LogP contribution is 2.37. The Bertz CT molecular complexity index is 1050. The SMILES string of the molecule is N#C[C@H](C[C@@H]1CCNC1=O)NC(=O)[C@@H](CC(=O)c1cc2c(Cl)cccc2[nH]1)CC1CC1. The monoisotopic (exact) mass is 440 g/mol. The van der Waals surface area contributed by atoms with E-state index in [4.69, 9.17) is 11.6 Å². The number of carbonyl (C=O) groups is 3. The summed E-state index contributed by atoms with van der Waals surface area (Å²) >= 11 is 6.21. The van der Waals surface area contributed by atoms with Gasteiger partial charge >= 0.3 is 0 Å². The van der Waals surface area contributed by atoms with Crippen LogP contribution in [0.1, 0.15) is 49.0 Å². The van der Waals surface area contributed by atoms with Gasteiger partial charge in [-0.15, -0.1) is 0 Å². The average Bonchev–Trinajstić information content (AvgIpc) is 3.30. The number of Topliss-reactive ketones (excluding diaryl/α,β-unsaturated/α-hetero) is 1. The average molecular weight is 441 g/mol. The minimum absolute atomic E-state index is 0.0643. The summed E-state index contributed by atoms with van der Waals surface area (Å²) in [6.45, 7) is 0.600. The van der Waals surface area contributed by atoms with Crippen LogP contribution in [0.5, 0.6) is 0 Å². The number of halogens is 1. The van der Waals surface area contributed by atoms with E-state index in [1.165, 1.54) is 0 Å². The van der Waals surface area contributed by atoms with E-state index in [2.05, 4.69) is 21.7 Å². The van der Waals surface area contributed by atoms with Crippen molar-refractivity contribution in [3.63, 3.8) is 0 Å². The number of nitriles is 1. The number of fused-ring (bicyclic) bond motifs is 1. The van der Waals surface area contributed by atoms with Gasteiger partial charge in [0.15, 0.2) is 5.78 Å². The van der Waals surface area contributed by atoms with Crippen molar-refractivity contribution in [2.75, 3.05) is 6.54 Å². The molecule has 0 radical (unpaired) electrons. The fourth-order valence-corrected chi connectivity index (χ4v) is 4.46. The summed E-state index contributed by atoms with van der Waals surface area (Å²) < 4.78 is 0. The number of aromatic amines is 1. The van der Waals surface area contributed by atoms with Gasteiger partial charge in [0.25, 0.3) is 0 Å². The Morgan fingerprint density at radius 2 is 2.06 bits per heavy atom. The van der Waals surface area contributed by atoms with Crippen LogP contribution >= 0.6 is 11.6 Å². The van der Waals surface area contributed by atoms with Crippen molar-refractivity contribution >= 4 is 40.1 Å². The molecule has 0 bridgehead atoms. The Morgan fingerprint density at radius 3 is 2.71 bits per heavy atom. The molecule has 162 valence electrons. The summed E-state index contributed by atoms with van der Waals surface area (Å²) in [5.74, 6) is -0.839. The van der Waals surface area contributed by atoms with Crippen molar-refractivity contribution in [3.8, 4) is 6.07 Å². The van der Waals surface area contributed by atoms with Gasteiger partial charge in [-0.2, -0.15) is 5.26 Å². The molecule has 0 unspecified atom stereocenters. The second-order valence-electron chi connectivity index (χ2n) is 8.59. The standard InChI is InChI=1S/C23H25ClN4O3/c24-18-2-1-3-19-17(18)11-20(28-19)21(29)10-15(8-13-4-5-13)23(31)27-16(12-25)9-14-6-7-26-22(14)30/h1-3,11,13-16,28H,4-10H2,(H,26,30)(H,27,31)/t14-,15+,16-/m0/s1. The molecule has 1 saturated carbocycles. The number of carbonyl (C=O) groups excluding carboxylic acids is 3. The molecule has 1 aromatic carbocycles. The Balaban J connectivity index is 1.43. The fraction of sp³-hybridized carbons (Fsp3) is 0.478. The van der Waals surface area contributed by atoms with Crippen molar-refractivity contribution < 1.29 is 14.4 Å². The Morgan fingerprint density at radius 1 is 1.26 bits per heavy atom. The van der Waals surface area contributed by atoms with Crippen LogP contribution in [0.4, 0.5) is 0 Å². The number of rotatable bonds is 9. The molecule has 31 heavy (non-hydrogen) atoms. The molecular formula is C23H25ClN4O3. The van der Waals surface area contributed by atoms with E-state index in [1.54, 1.807) is 12.1 Å². The highest BCUT2D eigenvalue weighted by molar-refractivity contribution is 6.35. The molecule has 8 heteroatoms. The van der Waals surface area contributed by atoms with Gasteiger partial charge in [-0.25, -0.2) is 0 Å². The van der Waals surface area contributed by atoms with E-state index in [0.29, 0.717) is 42.4 Å². The number of aromatic nitrogens is 1. The minimum atomic E-state index is -0.745. The Kier molecular flexibility index (Phi) is 6.28. The minimum Gasteiger partial charge on any atom is -0.356 e. The molecule has 2 heterocycles. The zero-order valence-electron chi connectivity index (χ0n) is 17.1. The van der Waals surface area contributed by atoms with E-state index >= 15 is 0 Å². The van der Waals surface area contributed by atoms with Crippen molar-refractivity contribution in [1.82, 2.24) is 15.6 Å². The van der Waals surface area contributed by atoms with Gasteiger partial charge in [0.2, 0.25) is 11.8 Å². The van der Waals surface area contributed by atoms with Gasteiger partial charge in [0.1, 0.15) is 6.04 Å². The molecule has 1 aliphatic carbocycles. The molecule has 2 fully saturated rings. The van der Waals surface area contributed by atoms with Gasteiger partial charge < -0.3 is 15.6 Å². The maximum Gasteiger partial charge on any atom is 0.224 e. The number of nitrogens with one attached hydrogen (secondary N) is 3. The van der Waals surface area contributed by atoms with Gasteiger partial charge in [0.05, 0.1) is 11.8 Å². The van der Waals surface area contributed by atoms with Crippen LogP contribution in [0.3, 0.4) is 0 Å². The highest BCUT2D eigenvalue weighted by Gasteiger charge is 2.33. The summed E-state index contributed by atoms with van der Waals surface area (Å²) in [7, 11) is 0. The van der Waals surface area contributed by atoms with E-state index in [-0.39, 0.29) is 29.9 Å². The first kappa shape index (κ1) is 21.4. The van der Waals surface area contributed by atoms with Crippen LogP contribution in [-0.2, 0) is 9.59 Å². The molecule has 4 rings (SSSR count). The predicted octanol–water partition coefficient (Wildman–Crippen LogP) is 3.34. The summed E-state index contributed by atoms with van der Waals surface area (Å²) in [6.07, 6.45) is 3.77. The molecule has 1 saturated heterocycles. The van der Waals surface area contributed by atoms with Crippen molar-refractivity contribution in [1.29, 1.82) is 5.26 Å². The highest BCUT2D eigenvalue weighted by atomic mass is 35.5. The number of amides is 2. The number of hydrogen-bond acceptors (Lipinski definition) is 4. The number of hydrogen-bond donors (Lipinski definition) is 3. The van der Waals surface area contributed by atoms with Crippen LogP contribution in [0.25, 0.3) is 10.9 Å². The maximum atomic E-state index is 13.0. The third-order valence-corrected chi connectivity index (χ3v) is 6.51. The van der Waals surface area contributed by atoms with E-state index in [9.17, 15) is 19.6 Å². The van der Waals surface area contributed by atoms with Crippen molar-refractivity contribution in [2.24, 2.45) is 17.8 Å². The first-order valence-electron chi connectivity index (χ1n) is 10.7. The zero-order chi connectivity index (χ0) is 22.0. The molecule has 3 N–H and O–H groups in total. The Hall–Kier alpha value is -2.85. The third kappa shape index (κ3) is 5.08. The lowest BCUT2D eigenvalue weighted by atomic mass is 9.93. The molecule has 3 atom stereocenters. The van der Waals surface area contributed by atoms with Gasteiger partial charge in [0, 0.05) is 40.7 Å². The molecule has 7 nitrogen and oxygen atoms in total. The van der Waals surface area contributed by atoms with E-state index < -0.39 is 12.0 Å². The maximum absolute atomic E-state index is 13.0. The quantitative estimate of drug-likeness (QED) is 0.518. The normalized spacial score (nSPS) is 20.1. The molecule has 1 aromatic heterocycles.